The van der Waals surface area contributed by atoms with E-state index in [-0.39, 0.29) is 0 Å². The number of hydrogen-bond acceptors (Lipinski definition) is 4. The zero-order chi connectivity index (χ0) is 9.90. The summed E-state index contributed by atoms with van der Waals surface area (Å²) < 4.78 is 25.6. The van der Waals surface area contributed by atoms with Gasteiger partial charge in [-0.3, -0.25) is 4.10 Å². The Bertz CT molecular complexity index is 361. The predicted molar refractivity (Wildman–Crippen MR) is 50.0 cm³/mol. The van der Waals surface area contributed by atoms with Gasteiger partial charge in [-0.25, -0.2) is 8.42 Å². The molecule has 4 nitrogen and oxygen atoms in total. The van der Waals surface area contributed by atoms with E-state index >= 15 is 0 Å². The molecule has 0 amide bonds. The summed E-state index contributed by atoms with van der Waals surface area (Å²) in [5.41, 5.74) is 0.410. The molecule has 70 valence electrons. The largest absolute Gasteiger partial charge is 0.506 e. The molecular weight excluding hydrogens is 191 g/mol. The molecule has 0 aliphatic rings. The van der Waals surface area contributed by atoms with Gasteiger partial charge < -0.3 is 5.02 Å². The molecule has 0 saturated heterocycles. The Kier molecular flexibility index (Phi) is 3.08. The number of benzene rings is 1. The second kappa shape index (κ2) is 3.91. The van der Waals surface area contributed by atoms with Gasteiger partial charge in [-0.15, -0.1) is 0 Å². The molecule has 0 unspecified atom stereocenters. The Morgan fingerprint density at radius 1 is 1.31 bits per heavy atom. The minimum Gasteiger partial charge on any atom is -0.422 e. The summed E-state index contributed by atoms with van der Waals surface area (Å²) in [6, 6.07) is 8.29. The maximum Gasteiger partial charge on any atom is 0.506 e. The first-order valence-electron chi connectivity index (χ1n) is 3.60. The molecule has 0 bridgehead atoms. The third-order valence-electron chi connectivity index (χ3n) is 1.35. The van der Waals surface area contributed by atoms with Crippen molar-refractivity contribution in [3.63, 3.8) is 0 Å². The Hall–Kier alpha value is -0.845. The Morgan fingerprint density at radius 3 is 2.31 bits per heavy atom. The average Bonchev–Trinajstić information content (AvgIpc) is 2.03. The molecule has 6 heteroatoms. The van der Waals surface area contributed by atoms with Crippen molar-refractivity contribution in [2.24, 2.45) is 0 Å². The molecule has 0 atom stereocenters. The molecule has 0 radical (unpaired) electrons. The molecule has 0 aliphatic heterocycles. The van der Waals surface area contributed by atoms with Gasteiger partial charge >= 0.3 is 7.12 Å². The van der Waals surface area contributed by atoms with E-state index in [9.17, 15) is 13.4 Å². The highest BCUT2D eigenvalue weighted by atomic mass is 32.2. The molecule has 0 aliphatic carbocycles. The van der Waals surface area contributed by atoms with Crippen molar-refractivity contribution < 1.29 is 17.5 Å². The minimum atomic E-state index is -3.62. The van der Waals surface area contributed by atoms with Crippen molar-refractivity contribution >= 4 is 22.7 Å². The van der Waals surface area contributed by atoms with Crippen LogP contribution in [0, 0.1) is 0 Å². The van der Waals surface area contributed by atoms with Crippen LogP contribution in [-0.4, -0.2) is 26.8 Å². The van der Waals surface area contributed by atoms with E-state index in [1.54, 1.807) is 30.3 Å². The number of hydrogen-bond donors (Lipinski definition) is 1. The molecule has 1 rings (SSSR count). The first-order chi connectivity index (χ1) is 5.99. The van der Waals surface area contributed by atoms with Gasteiger partial charge in [-0.2, -0.15) is 0 Å². The monoisotopic (exact) mass is 200 g/mol. The van der Waals surface area contributed by atoms with E-state index in [1.807, 2.05) is 0 Å². The summed E-state index contributed by atoms with van der Waals surface area (Å²) in [6.07, 6.45) is 0.888. The van der Waals surface area contributed by atoms with Gasteiger partial charge in [0.2, 0.25) is 0 Å². The lowest BCUT2D eigenvalue weighted by Crippen LogP contribution is -2.35. The van der Waals surface area contributed by atoms with E-state index in [2.05, 4.69) is 4.10 Å². The highest BCUT2D eigenvalue weighted by Gasteiger charge is 2.20. The van der Waals surface area contributed by atoms with Crippen LogP contribution in [0.25, 0.3) is 0 Å². The van der Waals surface area contributed by atoms with Crippen LogP contribution in [0.3, 0.4) is 0 Å². The van der Waals surface area contributed by atoms with Crippen LogP contribution < -0.4 is 5.46 Å². The fourth-order valence-electron chi connectivity index (χ4n) is 0.839. The Balaban J connectivity index is 2.76. The van der Waals surface area contributed by atoms with Crippen LogP contribution in [0.5, 0.6) is 0 Å². The molecule has 1 N–H and O–H groups in total. The molecular formula is C7H9BO4S. The van der Waals surface area contributed by atoms with Crippen LogP contribution in [-0.2, 0) is 14.2 Å². The van der Waals surface area contributed by atoms with Crippen LogP contribution in [0.15, 0.2) is 30.3 Å². The van der Waals surface area contributed by atoms with E-state index < -0.39 is 17.2 Å². The van der Waals surface area contributed by atoms with E-state index in [1.165, 1.54) is 0 Å². The second-order valence-corrected chi connectivity index (χ2v) is 4.16. The first-order valence-corrected chi connectivity index (χ1v) is 5.42. The van der Waals surface area contributed by atoms with E-state index in [0.717, 1.165) is 6.26 Å². The van der Waals surface area contributed by atoms with Crippen LogP contribution in [0.1, 0.15) is 0 Å². The normalized spacial score (nSPS) is 11.2. The quantitative estimate of drug-likeness (QED) is 0.658. The molecule has 0 heterocycles. The zero-order valence-corrected chi connectivity index (χ0v) is 7.86. The van der Waals surface area contributed by atoms with Crippen LogP contribution in [0.4, 0.5) is 0 Å². The average molecular weight is 200 g/mol. The molecule has 13 heavy (non-hydrogen) atoms. The van der Waals surface area contributed by atoms with Gasteiger partial charge in [0.25, 0.3) is 10.1 Å². The highest BCUT2D eigenvalue weighted by Crippen LogP contribution is 1.92. The summed E-state index contributed by atoms with van der Waals surface area (Å²) in [7, 11) is -5.04. The van der Waals surface area contributed by atoms with Crippen molar-refractivity contribution in [2.45, 2.75) is 0 Å². The predicted octanol–water partition coefficient (Wildman–Crippen LogP) is -0.650. The standard InChI is InChI=1S/C7H9BO4S/c1-13(10,11)12-8(9)7-5-3-2-4-6-7/h2-6,9H,1H3. The van der Waals surface area contributed by atoms with Crippen molar-refractivity contribution in [1.29, 1.82) is 0 Å². The van der Waals surface area contributed by atoms with Gasteiger partial charge in [-0.05, 0) is 5.46 Å². The maximum atomic E-state index is 10.6. The van der Waals surface area contributed by atoms with Crippen LogP contribution >= 0.6 is 0 Å². The fourth-order valence-corrected chi connectivity index (χ4v) is 1.28. The van der Waals surface area contributed by atoms with Gasteiger partial charge in [0.15, 0.2) is 0 Å². The molecule has 0 fully saturated rings. The molecule has 1 aromatic rings. The highest BCUT2D eigenvalue weighted by molar-refractivity contribution is 7.86. The lowest BCUT2D eigenvalue weighted by molar-refractivity contribution is 0.423. The second-order valence-electron chi connectivity index (χ2n) is 2.56. The third kappa shape index (κ3) is 3.58. The van der Waals surface area contributed by atoms with Crippen LogP contribution in [0.2, 0.25) is 0 Å². The zero-order valence-electron chi connectivity index (χ0n) is 7.04. The third-order valence-corrected chi connectivity index (χ3v) is 1.88. The lowest BCUT2D eigenvalue weighted by Gasteiger charge is -2.04. The topological polar surface area (TPSA) is 63.6 Å². The maximum absolute atomic E-state index is 10.6. The van der Waals surface area contributed by atoms with Gasteiger partial charge in [0, 0.05) is 0 Å². The van der Waals surface area contributed by atoms with Gasteiger partial charge in [0.1, 0.15) is 0 Å². The SMILES string of the molecule is CS(=O)(=O)OB(O)c1ccccc1. The van der Waals surface area contributed by atoms with Crippen molar-refractivity contribution in [3.8, 4) is 0 Å². The van der Waals surface area contributed by atoms with Crippen molar-refractivity contribution in [1.82, 2.24) is 0 Å². The summed E-state index contributed by atoms with van der Waals surface area (Å²) >= 11 is 0. The van der Waals surface area contributed by atoms with E-state index in [4.69, 9.17) is 0 Å². The summed E-state index contributed by atoms with van der Waals surface area (Å²) in [4.78, 5) is 0. The van der Waals surface area contributed by atoms with Crippen molar-refractivity contribution in [3.05, 3.63) is 30.3 Å². The minimum absolute atomic E-state index is 0.410. The Labute approximate surface area is 77.4 Å². The Morgan fingerprint density at radius 2 is 1.85 bits per heavy atom. The lowest BCUT2D eigenvalue weighted by atomic mass is 9.80. The molecule has 1 aromatic carbocycles. The molecule has 0 spiro atoms. The summed E-state index contributed by atoms with van der Waals surface area (Å²) in [5.74, 6) is 0. The first kappa shape index (κ1) is 10.2. The van der Waals surface area contributed by atoms with Crippen molar-refractivity contribution in [2.75, 3.05) is 6.26 Å². The van der Waals surface area contributed by atoms with E-state index in [0.29, 0.717) is 5.46 Å². The summed E-state index contributed by atoms with van der Waals surface area (Å²) in [5, 5.41) is 9.25. The molecule has 0 saturated carbocycles. The summed E-state index contributed by atoms with van der Waals surface area (Å²) in [6.45, 7) is 0. The molecule has 0 aromatic heterocycles. The van der Waals surface area contributed by atoms with Gasteiger partial charge in [0.05, 0.1) is 6.26 Å². The fraction of sp³-hybridized carbons (Fsp3) is 0.143. The van der Waals surface area contributed by atoms with Gasteiger partial charge in [-0.1, -0.05) is 30.3 Å². The number of rotatable bonds is 3. The smallest absolute Gasteiger partial charge is 0.422 e.